The summed E-state index contributed by atoms with van der Waals surface area (Å²) in [4.78, 5) is 0. The van der Waals surface area contributed by atoms with Gasteiger partial charge in [0.05, 0.1) is 6.54 Å². The third-order valence-electron chi connectivity index (χ3n) is 3.48. The minimum absolute atomic E-state index is 0.379. The molecule has 2 heteroatoms. The molecule has 0 unspecified atom stereocenters. The summed E-state index contributed by atoms with van der Waals surface area (Å²) in [5.74, 6) is 6.78. The highest BCUT2D eigenvalue weighted by atomic mass is 16.5. The predicted octanol–water partition coefficient (Wildman–Crippen LogP) is 3.50. The molecule has 2 aromatic carbocycles. The number of hydrogen-bond acceptors (Lipinski definition) is 2. The Labute approximate surface area is 126 Å². The lowest BCUT2D eigenvalue weighted by Gasteiger charge is -2.10. The van der Waals surface area contributed by atoms with Crippen molar-refractivity contribution in [2.75, 3.05) is 6.54 Å². The largest absolute Gasteiger partial charge is 0.489 e. The third kappa shape index (κ3) is 4.11. The molecule has 0 spiro atoms. The summed E-state index contributed by atoms with van der Waals surface area (Å²) in [6.45, 7) is 7.23. The van der Waals surface area contributed by atoms with E-state index in [9.17, 15) is 0 Å². The van der Waals surface area contributed by atoms with Gasteiger partial charge in [0.2, 0.25) is 0 Å². The Bertz CT molecular complexity index is 692. The van der Waals surface area contributed by atoms with E-state index in [0.717, 1.165) is 16.9 Å². The maximum Gasteiger partial charge on any atom is 0.122 e. The van der Waals surface area contributed by atoms with Gasteiger partial charge in [0, 0.05) is 5.56 Å². The van der Waals surface area contributed by atoms with E-state index in [2.05, 4.69) is 43.9 Å². The molecule has 0 bridgehead atoms. The predicted molar refractivity (Wildman–Crippen MR) is 87.4 cm³/mol. The van der Waals surface area contributed by atoms with Gasteiger partial charge in [0.15, 0.2) is 0 Å². The molecule has 2 N–H and O–H groups in total. The number of benzene rings is 2. The van der Waals surface area contributed by atoms with Crippen LogP contribution in [0.25, 0.3) is 0 Å². The van der Waals surface area contributed by atoms with Crippen molar-refractivity contribution >= 4 is 0 Å². The molecule has 0 saturated carbocycles. The lowest BCUT2D eigenvalue weighted by molar-refractivity contribution is 0.304. The van der Waals surface area contributed by atoms with Crippen LogP contribution in [0.3, 0.4) is 0 Å². The van der Waals surface area contributed by atoms with Crippen molar-refractivity contribution in [1.29, 1.82) is 0 Å². The lowest BCUT2D eigenvalue weighted by atomic mass is 10.1. The van der Waals surface area contributed by atoms with Gasteiger partial charge in [-0.3, -0.25) is 0 Å². The van der Waals surface area contributed by atoms with Crippen molar-refractivity contribution in [3.8, 4) is 17.6 Å². The second-order valence-corrected chi connectivity index (χ2v) is 5.19. The van der Waals surface area contributed by atoms with Crippen molar-refractivity contribution in [3.05, 3.63) is 64.2 Å². The molecule has 0 amide bonds. The van der Waals surface area contributed by atoms with Crippen LogP contribution in [0.4, 0.5) is 0 Å². The first-order chi connectivity index (χ1) is 10.1. The molecular formula is C19H21NO. The number of ether oxygens (including phenoxy) is 1. The standard InChI is InChI=1S/C19H21NO/c1-14-6-7-18(11-15(14)2)13-21-19-9-8-17(5-4-10-20)12-16(19)3/h6-9,11-12H,10,13,20H2,1-3H3. The van der Waals surface area contributed by atoms with Gasteiger partial charge in [-0.1, -0.05) is 30.0 Å². The van der Waals surface area contributed by atoms with Crippen LogP contribution < -0.4 is 10.5 Å². The molecule has 0 radical (unpaired) electrons. The minimum Gasteiger partial charge on any atom is -0.489 e. The molecule has 108 valence electrons. The zero-order valence-electron chi connectivity index (χ0n) is 12.9. The molecule has 2 rings (SSSR count). The van der Waals surface area contributed by atoms with Crippen molar-refractivity contribution in [3.63, 3.8) is 0 Å². The summed E-state index contributed by atoms with van der Waals surface area (Å²) < 4.78 is 5.90. The van der Waals surface area contributed by atoms with E-state index in [1.54, 1.807) is 0 Å². The fraction of sp³-hybridized carbons (Fsp3) is 0.263. The van der Waals surface area contributed by atoms with Crippen LogP contribution in [-0.2, 0) is 6.61 Å². The fourth-order valence-corrected chi connectivity index (χ4v) is 2.10. The number of hydrogen-bond donors (Lipinski definition) is 1. The van der Waals surface area contributed by atoms with Crippen molar-refractivity contribution < 1.29 is 4.74 Å². The van der Waals surface area contributed by atoms with Gasteiger partial charge in [-0.15, -0.1) is 0 Å². The highest BCUT2D eigenvalue weighted by Gasteiger charge is 2.02. The molecule has 0 aliphatic rings. The molecule has 0 aliphatic carbocycles. The molecule has 0 heterocycles. The second-order valence-electron chi connectivity index (χ2n) is 5.19. The Morgan fingerprint density at radius 3 is 2.43 bits per heavy atom. The van der Waals surface area contributed by atoms with Gasteiger partial charge in [0.25, 0.3) is 0 Å². The van der Waals surface area contributed by atoms with E-state index < -0.39 is 0 Å². The molecule has 0 fully saturated rings. The average molecular weight is 279 g/mol. The summed E-state index contributed by atoms with van der Waals surface area (Å²) in [5.41, 5.74) is 11.2. The maximum absolute atomic E-state index is 5.90. The van der Waals surface area contributed by atoms with Crippen molar-refractivity contribution in [1.82, 2.24) is 0 Å². The molecule has 2 nitrogen and oxygen atoms in total. The molecule has 2 aromatic rings. The summed E-state index contributed by atoms with van der Waals surface area (Å²) >= 11 is 0. The van der Waals surface area contributed by atoms with Crippen molar-refractivity contribution in [2.45, 2.75) is 27.4 Å². The van der Waals surface area contributed by atoms with Gasteiger partial charge in [-0.25, -0.2) is 0 Å². The number of nitrogens with two attached hydrogens (primary N) is 1. The second kappa shape index (κ2) is 6.97. The first-order valence-corrected chi connectivity index (χ1v) is 7.08. The van der Waals surface area contributed by atoms with E-state index in [1.807, 2.05) is 25.1 Å². The van der Waals surface area contributed by atoms with Gasteiger partial charge in [-0.2, -0.15) is 0 Å². The number of rotatable bonds is 3. The summed E-state index contributed by atoms with van der Waals surface area (Å²) in [7, 11) is 0. The molecular weight excluding hydrogens is 258 g/mol. The first-order valence-electron chi connectivity index (χ1n) is 7.08. The molecule has 0 aliphatic heterocycles. The van der Waals surface area contributed by atoms with Crippen LogP contribution in [0.2, 0.25) is 0 Å². The highest BCUT2D eigenvalue weighted by molar-refractivity contribution is 5.43. The van der Waals surface area contributed by atoms with Gasteiger partial charge < -0.3 is 10.5 Å². The van der Waals surface area contributed by atoms with Crippen LogP contribution in [0.1, 0.15) is 27.8 Å². The lowest BCUT2D eigenvalue weighted by Crippen LogP contribution is -1.98. The third-order valence-corrected chi connectivity index (χ3v) is 3.48. The molecule has 0 saturated heterocycles. The Morgan fingerprint density at radius 1 is 0.952 bits per heavy atom. The zero-order valence-corrected chi connectivity index (χ0v) is 12.9. The Hall–Kier alpha value is -2.24. The SMILES string of the molecule is Cc1ccc(COc2ccc(C#CCN)cc2C)cc1C. The average Bonchev–Trinajstić information content (AvgIpc) is 2.47. The summed E-state index contributed by atoms with van der Waals surface area (Å²) in [6.07, 6.45) is 0. The monoisotopic (exact) mass is 279 g/mol. The Morgan fingerprint density at radius 2 is 1.76 bits per heavy atom. The first kappa shape index (κ1) is 15.2. The van der Waals surface area contributed by atoms with Crippen LogP contribution in [0, 0.1) is 32.6 Å². The Balaban J connectivity index is 2.07. The fourth-order valence-electron chi connectivity index (χ4n) is 2.10. The van der Waals surface area contributed by atoms with E-state index in [-0.39, 0.29) is 0 Å². The topological polar surface area (TPSA) is 35.2 Å². The number of aryl methyl sites for hydroxylation is 3. The molecule has 21 heavy (non-hydrogen) atoms. The minimum atomic E-state index is 0.379. The van der Waals surface area contributed by atoms with E-state index >= 15 is 0 Å². The van der Waals surface area contributed by atoms with Gasteiger partial charge in [0.1, 0.15) is 12.4 Å². The van der Waals surface area contributed by atoms with Crippen LogP contribution in [-0.4, -0.2) is 6.54 Å². The summed E-state index contributed by atoms with van der Waals surface area (Å²) in [5, 5.41) is 0. The summed E-state index contributed by atoms with van der Waals surface area (Å²) in [6, 6.07) is 12.4. The van der Waals surface area contributed by atoms with Crippen molar-refractivity contribution in [2.24, 2.45) is 5.73 Å². The zero-order chi connectivity index (χ0) is 15.2. The highest BCUT2D eigenvalue weighted by Crippen LogP contribution is 2.20. The smallest absolute Gasteiger partial charge is 0.122 e. The Kier molecular flexibility index (Phi) is 5.03. The van der Waals surface area contributed by atoms with Gasteiger partial charge in [-0.05, 0) is 61.2 Å². The maximum atomic E-state index is 5.90. The van der Waals surface area contributed by atoms with E-state index in [4.69, 9.17) is 10.5 Å². The molecule has 0 aromatic heterocycles. The quantitative estimate of drug-likeness (QED) is 0.873. The normalized spacial score (nSPS) is 9.90. The van der Waals surface area contributed by atoms with Gasteiger partial charge >= 0.3 is 0 Å². The van der Waals surface area contributed by atoms with Crippen LogP contribution in [0.5, 0.6) is 5.75 Å². The van der Waals surface area contributed by atoms with Crippen LogP contribution in [0.15, 0.2) is 36.4 Å². The molecule has 0 atom stereocenters. The van der Waals surface area contributed by atoms with E-state index in [0.29, 0.717) is 13.2 Å². The van der Waals surface area contributed by atoms with E-state index in [1.165, 1.54) is 16.7 Å². The van der Waals surface area contributed by atoms with Crippen LogP contribution >= 0.6 is 0 Å².